The van der Waals surface area contributed by atoms with Crippen molar-refractivity contribution in [1.82, 2.24) is 0 Å². The highest BCUT2D eigenvalue weighted by Crippen LogP contribution is 2.21. The molecule has 0 unspecified atom stereocenters. The van der Waals surface area contributed by atoms with Gasteiger partial charge in [-0.05, 0) is 17.7 Å². The van der Waals surface area contributed by atoms with Gasteiger partial charge in [-0.2, -0.15) is 8.78 Å². The quantitative estimate of drug-likeness (QED) is 0.653. The molecule has 1 radical (unpaired) electrons. The fourth-order valence-electron chi connectivity index (χ4n) is 1.20. The second-order valence-corrected chi connectivity index (χ2v) is 2.56. The van der Waals surface area contributed by atoms with Crippen molar-refractivity contribution in [1.29, 1.82) is 0 Å². The fourth-order valence-corrected chi connectivity index (χ4v) is 1.20. The molecular weight excluding hydrogens is 174 g/mol. The summed E-state index contributed by atoms with van der Waals surface area (Å²) in [6.45, 7) is 0. The van der Waals surface area contributed by atoms with E-state index in [1.807, 2.05) is 0 Å². The molecule has 0 aliphatic heterocycles. The first-order chi connectivity index (χ1) is 6.27. The molecule has 1 aromatic heterocycles. The molecule has 0 spiro atoms. The van der Waals surface area contributed by atoms with Gasteiger partial charge in [0.1, 0.15) is 5.58 Å². The Hall–Kier alpha value is -1.64. The normalized spacial score (nSPS) is 10.3. The summed E-state index contributed by atoms with van der Waals surface area (Å²) in [5, 5.41) is 0.648. The molecule has 0 saturated carbocycles. The molecule has 1 aromatic carbocycles. The van der Waals surface area contributed by atoms with Gasteiger partial charge in [0, 0.05) is 11.5 Å². The average molecular weight is 179 g/mol. The summed E-state index contributed by atoms with van der Waals surface area (Å²) in [6, 6.07) is 6.52. The van der Waals surface area contributed by atoms with Gasteiger partial charge in [0.15, 0.2) is 6.26 Å². The standard InChI is InChI=1S/C10H5F2O/c11-10(12)6-7-2-1-3-9-8(7)4-5-13-9/h1-4,6H. The van der Waals surface area contributed by atoms with Crippen LogP contribution < -0.4 is 0 Å². The second-order valence-electron chi connectivity index (χ2n) is 2.56. The van der Waals surface area contributed by atoms with Crippen LogP contribution in [-0.4, -0.2) is 0 Å². The number of hydrogen-bond donors (Lipinski definition) is 0. The summed E-state index contributed by atoms with van der Waals surface area (Å²) in [4.78, 5) is 0. The Kier molecular flexibility index (Phi) is 1.85. The smallest absolute Gasteiger partial charge is 0.270 e. The van der Waals surface area contributed by atoms with E-state index in [0.717, 1.165) is 6.08 Å². The van der Waals surface area contributed by atoms with Crippen LogP contribution in [0.2, 0.25) is 0 Å². The Morgan fingerprint density at radius 3 is 3.00 bits per heavy atom. The molecule has 3 heteroatoms. The van der Waals surface area contributed by atoms with Crippen LogP contribution >= 0.6 is 0 Å². The van der Waals surface area contributed by atoms with Gasteiger partial charge < -0.3 is 4.42 Å². The molecule has 1 heterocycles. The van der Waals surface area contributed by atoms with Crippen molar-refractivity contribution >= 4 is 17.0 Å². The second kappa shape index (κ2) is 3.01. The molecule has 0 atom stereocenters. The Balaban J connectivity index is 2.68. The molecule has 0 aliphatic rings. The monoisotopic (exact) mass is 179 g/mol. The number of halogens is 2. The van der Waals surface area contributed by atoms with Crippen LogP contribution in [0.25, 0.3) is 17.0 Å². The molecule has 65 valence electrons. The molecular formula is C10H5F2O. The number of rotatable bonds is 1. The number of furan rings is 1. The van der Waals surface area contributed by atoms with Crippen molar-refractivity contribution in [2.24, 2.45) is 0 Å². The molecule has 0 bridgehead atoms. The van der Waals surface area contributed by atoms with Gasteiger partial charge in [0.25, 0.3) is 6.08 Å². The Labute approximate surface area is 73.3 Å². The zero-order valence-corrected chi connectivity index (χ0v) is 6.55. The lowest BCUT2D eigenvalue weighted by atomic mass is 10.1. The van der Waals surface area contributed by atoms with Crippen molar-refractivity contribution in [3.63, 3.8) is 0 Å². The lowest BCUT2D eigenvalue weighted by Crippen LogP contribution is -1.73. The third-order valence-corrected chi connectivity index (χ3v) is 1.74. The van der Waals surface area contributed by atoms with Crippen molar-refractivity contribution in [2.45, 2.75) is 0 Å². The van der Waals surface area contributed by atoms with Gasteiger partial charge >= 0.3 is 0 Å². The van der Waals surface area contributed by atoms with E-state index in [9.17, 15) is 8.78 Å². The van der Waals surface area contributed by atoms with E-state index in [-0.39, 0.29) is 0 Å². The Morgan fingerprint density at radius 2 is 2.23 bits per heavy atom. The van der Waals surface area contributed by atoms with E-state index < -0.39 is 6.08 Å². The third kappa shape index (κ3) is 1.45. The minimum atomic E-state index is -1.71. The van der Waals surface area contributed by atoms with E-state index in [1.54, 1.807) is 24.3 Å². The summed E-state index contributed by atoms with van der Waals surface area (Å²) >= 11 is 0. The first-order valence-electron chi connectivity index (χ1n) is 3.68. The van der Waals surface area contributed by atoms with Crippen molar-refractivity contribution in [3.8, 4) is 0 Å². The minimum absolute atomic E-state index is 0.447. The zero-order valence-electron chi connectivity index (χ0n) is 6.55. The van der Waals surface area contributed by atoms with E-state index in [0.29, 0.717) is 16.5 Å². The number of hydrogen-bond acceptors (Lipinski definition) is 1. The van der Waals surface area contributed by atoms with Crippen molar-refractivity contribution in [3.05, 3.63) is 42.2 Å². The first kappa shape index (κ1) is 7.98. The molecule has 1 nitrogen and oxygen atoms in total. The fraction of sp³-hybridized carbons (Fsp3) is 0. The van der Waals surface area contributed by atoms with E-state index >= 15 is 0 Å². The predicted octanol–water partition coefficient (Wildman–Crippen LogP) is 3.47. The molecule has 0 N–H and O–H groups in total. The van der Waals surface area contributed by atoms with Crippen LogP contribution in [0.5, 0.6) is 0 Å². The molecule has 13 heavy (non-hydrogen) atoms. The van der Waals surface area contributed by atoms with Crippen LogP contribution in [-0.2, 0) is 0 Å². The van der Waals surface area contributed by atoms with Crippen LogP contribution in [0.1, 0.15) is 5.56 Å². The molecule has 0 fully saturated rings. The lowest BCUT2D eigenvalue weighted by Gasteiger charge is -1.93. The Bertz CT molecular complexity index is 453. The average Bonchev–Trinajstić information content (AvgIpc) is 2.51. The van der Waals surface area contributed by atoms with E-state index in [1.165, 1.54) is 0 Å². The zero-order chi connectivity index (χ0) is 9.26. The maximum absolute atomic E-state index is 12.0. The van der Waals surface area contributed by atoms with Gasteiger partial charge in [-0.3, -0.25) is 0 Å². The summed E-state index contributed by atoms with van der Waals surface area (Å²) in [5.41, 5.74) is 1.01. The summed E-state index contributed by atoms with van der Waals surface area (Å²) in [6.07, 6.45) is 1.60. The Morgan fingerprint density at radius 1 is 1.38 bits per heavy atom. The van der Waals surface area contributed by atoms with Crippen molar-refractivity contribution in [2.75, 3.05) is 0 Å². The maximum Gasteiger partial charge on any atom is 0.270 e. The van der Waals surface area contributed by atoms with Crippen LogP contribution in [0.15, 0.2) is 34.8 Å². The molecule has 2 rings (SSSR count). The van der Waals surface area contributed by atoms with Gasteiger partial charge in [-0.15, -0.1) is 0 Å². The van der Waals surface area contributed by atoms with Gasteiger partial charge in [-0.1, -0.05) is 12.1 Å². The topological polar surface area (TPSA) is 13.1 Å². The highest BCUT2D eigenvalue weighted by atomic mass is 19.3. The van der Waals surface area contributed by atoms with Crippen LogP contribution in [0.3, 0.4) is 0 Å². The van der Waals surface area contributed by atoms with E-state index in [2.05, 4.69) is 6.26 Å². The summed E-state index contributed by atoms with van der Waals surface area (Å²) in [7, 11) is 0. The minimum Gasteiger partial charge on any atom is -0.453 e. The largest absolute Gasteiger partial charge is 0.453 e. The van der Waals surface area contributed by atoms with Gasteiger partial charge in [0.05, 0.1) is 0 Å². The van der Waals surface area contributed by atoms with Crippen molar-refractivity contribution < 1.29 is 13.2 Å². The highest BCUT2D eigenvalue weighted by Gasteiger charge is 2.01. The van der Waals surface area contributed by atoms with Gasteiger partial charge in [0.2, 0.25) is 0 Å². The maximum atomic E-state index is 12.0. The van der Waals surface area contributed by atoms with E-state index in [4.69, 9.17) is 4.42 Å². The third-order valence-electron chi connectivity index (χ3n) is 1.74. The van der Waals surface area contributed by atoms with Crippen LogP contribution in [0.4, 0.5) is 8.78 Å². The molecule has 2 aromatic rings. The highest BCUT2D eigenvalue weighted by molar-refractivity contribution is 5.86. The SMILES string of the molecule is FC(F)=Cc1cccc2o[c]cc12. The number of benzene rings is 1. The first-order valence-corrected chi connectivity index (χ1v) is 3.68. The molecule has 0 saturated heterocycles. The molecule has 0 aliphatic carbocycles. The van der Waals surface area contributed by atoms with Crippen LogP contribution in [0, 0.1) is 6.26 Å². The van der Waals surface area contributed by atoms with Gasteiger partial charge in [-0.25, -0.2) is 0 Å². The predicted molar refractivity (Wildman–Crippen MR) is 45.2 cm³/mol. The lowest BCUT2D eigenvalue weighted by molar-refractivity contribution is 0.429. The number of fused-ring (bicyclic) bond motifs is 1. The summed E-state index contributed by atoms with van der Waals surface area (Å²) in [5.74, 6) is 0. The molecule has 0 amide bonds. The summed E-state index contributed by atoms with van der Waals surface area (Å²) < 4.78 is 28.9.